The maximum Gasteiger partial charge on any atom is 0.411 e. The van der Waals surface area contributed by atoms with Gasteiger partial charge in [0.2, 0.25) is 5.91 Å². The molecule has 1 amide bonds. The van der Waals surface area contributed by atoms with Crippen LogP contribution in [0.5, 0.6) is 0 Å². The van der Waals surface area contributed by atoms with E-state index in [4.69, 9.17) is 0 Å². The lowest BCUT2D eigenvalue weighted by molar-refractivity contribution is -0.182. The summed E-state index contributed by atoms with van der Waals surface area (Å²) < 4.78 is 40.9. The van der Waals surface area contributed by atoms with E-state index in [9.17, 15) is 18.0 Å². The molecule has 0 aliphatic carbocycles. The van der Waals surface area contributed by atoms with Gasteiger partial charge in [-0.25, -0.2) is 4.68 Å². The first-order valence-corrected chi connectivity index (χ1v) is 4.87. The Morgan fingerprint density at radius 2 is 2.29 bits per heavy atom. The minimum atomic E-state index is -4.35. The third-order valence-corrected chi connectivity index (χ3v) is 1.73. The summed E-state index contributed by atoms with van der Waals surface area (Å²) in [4.78, 5) is 11.0. The number of carbonyl (C=O) groups is 1. The van der Waals surface area contributed by atoms with Crippen molar-refractivity contribution in [2.45, 2.75) is 26.3 Å². The summed E-state index contributed by atoms with van der Waals surface area (Å²) in [5.74, 6) is -0.194. The smallest absolute Gasteiger partial charge is 0.350 e. The van der Waals surface area contributed by atoms with Crippen molar-refractivity contribution in [3.63, 3.8) is 0 Å². The number of halogens is 3. The lowest BCUT2D eigenvalue weighted by Gasteiger charge is -2.07. The summed E-state index contributed by atoms with van der Waals surface area (Å²) in [7, 11) is 0. The van der Waals surface area contributed by atoms with E-state index in [1.54, 1.807) is 6.92 Å². The van der Waals surface area contributed by atoms with Crippen LogP contribution in [0, 0.1) is 0 Å². The van der Waals surface area contributed by atoms with Crippen molar-refractivity contribution in [3.05, 3.63) is 12.4 Å². The number of nitrogens with one attached hydrogen (secondary N) is 1. The van der Waals surface area contributed by atoms with Crippen LogP contribution in [0.2, 0.25) is 0 Å². The molecule has 1 aromatic rings. The highest BCUT2D eigenvalue weighted by molar-refractivity contribution is 5.90. The van der Waals surface area contributed by atoms with Crippen LogP contribution < -0.4 is 5.32 Å². The SMILES string of the molecule is CCC(=O)Nc1cnn(COCC(F)(F)F)c1. The van der Waals surface area contributed by atoms with Crippen LogP contribution in [0.1, 0.15) is 13.3 Å². The van der Waals surface area contributed by atoms with Gasteiger partial charge in [0.05, 0.1) is 18.1 Å². The predicted octanol–water partition coefficient (Wildman–Crippen LogP) is 1.77. The summed E-state index contributed by atoms with van der Waals surface area (Å²) in [5.41, 5.74) is 0.424. The molecule has 1 aromatic heterocycles. The fourth-order valence-corrected chi connectivity index (χ4v) is 1.00. The van der Waals surface area contributed by atoms with Crippen LogP contribution in [0.15, 0.2) is 12.4 Å². The van der Waals surface area contributed by atoms with Crippen LogP contribution in [-0.4, -0.2) is 28.5 Å². The Balaban J connectivity index is 2.38. The second kappa shape index (κ2) is 5.67. The van der Waals surface area contributed by atoms with Gasteiger partial charge >= 0.3 is 6.18 Å². The third-order valence-electron chi connectivity index (χ3n) is 1.73. The number of hydrogen-bond donors (Lipinski definition) is 1. The summed E-state index contributed by atoms with van der Waals surface area (Å²) >= 11 is 0. The quantitative estimate of drug-likeness (QED) is 0.867. The van der Waals surface area contributed by atoms with E-state index in [2.05, 4.69) is 15.2 Å². The van der Waals surface area contributed by atoms with E-state index in [1.807, 2.05) is 0 Å². The average molecular weight is 251 g/mol. The Morgan fingerprint density at radius 3 is 2.88 bits per heavy atom. The minimum Gasteiger partial charge on any atom is -0.350 e. The molecule has 1 rings (SSSR count). The van der Waals surface area contributed by atoms with Crippen molar-refractivity contribution < 1.29 is 22.7 Å². The van der Waals surface area contributed by atoms with Crippen molar-refractivity contribution in [3.8, 4) is 0 Å². The van der Waals surface area contributed by atoms with Crippen molar-refractivity contribution in [1.29, 1.82) is 0 Å². The average Bonchev–Trinajstić information content (AvgIpc) is 2.63. The Labute approximate surface area is 95.5 Å². The molecule has 0 aliphatic heterocycles. The molecule has 0 unspecified atom stereocenters. The van der Waals surface area contributed by atoms with E-state index in [-0.39, 0.29) is 12.6 Å². The number of amides is 1. The van der Waals surface area contributed by atoms with Crippen LogP contribution in [0.25, 0.3) is 0 Å². The standard InChI is InChI=1S/C9H12F3N3O2/c1-2-8(16)14-7-3-13-15(4-7)6-17-5-9(10,11)12/h3-4H,2,5-6H2,1H3,(H,14,16). The zero-order chi connectivity index (χ0) is 12.9. The van der Waals surface area contributed by atoms with E-state index in [1.165, 1.54) is 12.4 Å². The van der Waals surface area contributed by atoms with Gasteiger partial charge in [-0.05, 0) is 0 Å². The molecule has 0 atom stereocenters. The summed E-state index contributed by atoms with van der Waals surface area (Å²) in [5, 5.41) is 6.25. The van der Waals surface area contributed by atoms with Gasteiger partial charge in [0.1, 0.15) is 13.3 Å². The number of aromatic nitrogens is 2. The van der Waals surface area contributed by atoms with Gasteiger partial charge in [-0.2, -0.15) is 18.3 Å². The van der Waals surface area contributed by atoms with Gasteiger partial charge in [-0.1, -0.05) is 6.92 Å². The highest BCUT2D eigenvalue weighted by Gasteiger charge is 2.27. The molecule has 0 aliphatic rings. The molecule has 1 N–H and O–H groups in total. The first kappa shape index (κ1) is 13.5. The summed E-state index contributed by atoms with van der Waals surface area (Å²) in [6, 6.07) is 0. The number of nitrogens with zero attached hydrogens (tertiary/aromatic N) is 2. The topological polar surface area (TPSA) is 56.2 Å². The maximum absolute atomic E-state index is 11.8. The second-order valence-electron chi connectivity index (χ2n) is 3.26. The summed E-state index contributed by atoms with van der Waals surface area (Å²) in [6.07, 6.45) is -1.31. The normalized spacial score (nSPS) is 11.5. The van der Waals surface area contributed by atoms with Crippen LogP contribution in [0.3, 0.4) is 0 Å². The maximum atomic E-state index is 11.8. The zero-order valence-electron chi connectivity index (χ0n) is 9.12. The molecule has 0 radical (unpaired) electrons. The molecule has 0 aromatic carbocycles. The van der Waals surface area contributed by atoms with Crippen molar-refractivity contribution in [1.82, 2.24) is 9.78 Å². The molecule has 17 heavy (non-hydrogen) atoms. The van der Waals surface area contributed by atoms with Crippen LogP contribution >= 0.6 is 0 Å². The number of rotatable bonds is 5. The largest absolute Gasteiger partial charge is 0.411 e. The molecular formula is C9H12F3N3O2. The van der Waals surface area contributed by atoms with Gasteiger partial charge in [-0.15, -0.1) is 0 Å². The molecule has 8 heteroatoms. The fourth-order valence-electron chi connectivity index (χ4n) is 1.00. The molecule has 0 spiro atoms. The van der Waals surface area contributed by atoms with Crippen molar-refractivity contribution in [2.75, 3.05) is 11.9 Å². The van der Waals surface area contributed by atoms with E-state index in [0.29, 0.717) is 12.1 Å². The molecule has 0 saturated heterocycles. The molecule has 0 saturated carbocycles. The Kier molecular flexibility index (Phi) is 4.50. The lowest BCUT2D eigenvalue weighted by atomic mass is 10.4. The highest BCUT2D eigenvalue weighted by Crippen LogP contribution is 2.14. The number of anilines is 1. The molecule has 5 nitrogen and oxygen atoms in total. The first-order chi connectivity index (χ1) is 7.90. The Morgan fingerprint density at radius 1 is 1.59 bits per heavy atom. The molecule has 1 heterocycles. The van der Waals surface area contributed by atoms with Crippen LogP contribution in [-0.2, 0) is 16.3 Å². The van der Waals surface area contributed by atoms with Gasteiger partial charge in [-0.3, -0.25) is 4.79 Å². The van der Waals surface area contributed by atoms with Crippen LogP contribution in [0.4, 0.5) is 18.9 Å². The first-order valence-electron chi connectivity index (χ1n) is 4.87. The van der Waals surface area contributed by atoms with Gasteiger partial charge < -0.3 is 10.1 Å². The number of carbonyl (C=O) groups excluding carboxylic acids is 1. The monoisotopic (exact) mass is 251 g/mol. The molecule has 0 bridgehead atoms. The lowest BCUT2D eigenvalue weighted by Crippen LogP contribution is -2.18. The van der Waals surface area contributed by atoms with Crippen molar-refractivity contribution in [2.24, 2.45) is 0 Å². The van der Waals surface area contributed by atoms with Gasteiger partial charge in [0.25, 0.3) is 0 Å². The summed E-state index contributed by atoms with van der Waals surface area (Å²) in [6.45, 7) is 0.0389. The fraction of sp³-hybridized carbons (Fsp3) is 0.556. The number of hydrogen-bond acceptors (Lipinski definition) is 3. The van der Waals surface area contributed by atoms with E-state index >= 15 is 0 Å². The van der Waals surface area contributed by atoms with E-state index in [0.717, 1.165) is 4.68 Å². The minimum absolute atomic E-state index is 0.194. The number of alkyl halides is 3. The zero-order valence-corrected chi connectivity index (χ0v) is 9.12. The highest BCUT2D eigenvalue weighted by atomic mass is 19.4. The van der Waals surface area contributed by atoms with Gasteiger partial charge in [0.15, 0.2) is 0 Å². The third kappa shape index (κ3) is 5.34. The van der Waals surface area contributed by atoms with Gasteiger partial charge in [0, 0.05) is 6.42 Å². The van der Waals surface area contributed by atoms with E-state index < -0.39 is 12.8 Å². The van der Waals surface area contributed by atoms with Crippen molar-refractivity contribution >= 4 is 11.6 Å². The second-order valence-corrected chi connectivity index (χ2v) is 3.26. The Hall–Kier alpha value is -1.57. The molecule has 96 valence electrons. The molecule has 0 fully saturated rings. The number of ether oxygens (including phenoxy) is 1. The molecular weight excluding hydrogens is 239 g/mol. The predicted molar refractivity (Wildman–Crippen MR) is 53.2 cm³/mol. The Bertz CT molecular complexity index is 376.